The van der Waals surface area contributed by atoms with Crippen LogP contribution >= 0.6 is 11.6 Å². The van der Waals surface area contributed by atoms with Gasteiger partial charge >= 0.3 is 0 Å². The van der Waals surface area contributed by atoms with Gasteiger partial charge < -0.3 is 10.2 Å². The van der Waals surface area contributed by atoms with Crippen LogP contribution in [0.5, 0.6) is 0 Å². The molecule has 96 valence electrons. The molecule has 2 aromatic rings. The lowest BCUT2D eigenvalue weighted by Gasteiger charge is -2.25. The first-order valence-electron chi connectivity index (χ1n) is 6.68. The molecule has 0 amide bonds. The fourth-order valence-electron chi connectivity index (χ4n) is 2.92. The minimum Gasteiger partial charge on any atom is -0.459 e. The van der Waals surface area contributed by atoms with Crippen molar-refractivity contribution in [3.05, 3.63) is 35.0 Å². The van der Waals surface area contributed by atoms with E-state index in [0.717, 1.165) is 21.8 Å². The number of benzene rings is 1. The van der Waals surface area contributed by atoms with Crippen molar-refractivity contribution in [3.8, 4) is 0 Å². The van der Waals surface area contributed by atoms with E-state index in [1.165, 1.54) is 32.1 Å². The summed E-state index contributed by atoms with van der Waals surface area (Å²) in [5.74, 6) is 1.47. The summed E-state index contributed by atoms with van der Waals surface area (Å²) >= 11 is 5.98. The number of hydrogen-bond acceptors (Lipinski definition) is 2. The van der Waals surface area contributed by atoms with E-state index in [0.29, 0.717) is 5.92 Å². The van der Waals surface area contributed by atoms with Crippen LogP contribution in [0.15, 0.2) is 28.7 Å². The Hall–Kier alpha value is -0.990. The van der Waals surface area contributed by atoms with Crippen LogP contribution < -0.4 is 5.73 Å². The van der Waals surface area contributed by atoms with E-state index in [2.05, 4.69) is 0 Å². The Morgan fingerprint density at radius 2 is 1.94 bits per heavy atom. The molecule has 3 rings (SSSR count). The summed E-state index contributed by atoms with van der Waals surface area (Å²) in [5, 5.41) is 1.78. The third kappa shape index (κ3) is 2.27. The Bertz CT molecular complexity index is 542. The molecule has 3 heteroatoms. The Labute approximate surface area is 112 Å². The second-order valence-electron chi connectivity index (χ2n) is 5.25. The Morgan fingerprint density at radius 1 is 1.17 bits per heavy atom. The minimum absolute atomic E-state index is 0.0245. The zero-order chi connectivity index (χ0) is 12.5. The highest BCUT2D eigenvalue weighted by atomic mass is 35.5. The smallest absolute Gasteiger partial charge is 0.134 e. The predicted molar refractivity (Wildman–Crippen MR) is 74.7 cm³/mol. The van der Waals surface area contributed by atoms with Crippen LogP contribution in [0.2, 0.25) is 5.02 Å². The van der Waals surface area contributed by atoms with Crippen molar-refractivity contribution in [1.82, 2.24) is 0 Å². The monoisotopic (exact) mass is 263 g/mol. The largest absolute Gasteiger partial charge is 0.459 e. The van der Waals surface area contributed by atoms with Crippen molar-refractivity contribution in [3.63, 3.8) is 0 Å². The normalized spacial score (nSPS) is 19.2. The summed E-state index contributed by atoms with van der Waals surface area (Å²) in [4.78, 5) is 0. The van der Waals surface area contributed by atoms with Crippen LogP contribution in [-0.2, 0) is 0 Å². The lowest BCUT2D eigenvalue weighted by molar-refractivity contribution is 0.284. The average molecular weight is 264 g/mol. The van der Waals surface area contributed by atoms with E-state index in [9.17, 15) is 0 Å². The van der Waals surface area contributed by atoms with Crippen LogP contribution in [0.4, 0.5) is 0 Å². The van der Waals surface area contributed by atoms with Gasteiger partial charge in [0.2, 0.25) is 0 Å². The summed E-state index contributed by atoms with van der Waals surface area (Å²) in [5.41, 5.74) is 7.22. The van der Waals surface area contributed by atoms with Crippen LogP contribution in [0.25, 0.3) is 11.0 Å². The molecule has 0 bridgehead atoms. The Kier molecular flexibility index (Phi) is 3.31. The SMILES string of the molecule is NC(c1cc2cc(Cl)ccc2o1)C1CCCCC1. The quantitative estimate of drug-likeness (QED) is 0.855. The highest BCUT2D eigenvalue weighted by Gasteiger charge is 2.24. The summed E-state index contributed by atoms with van der Waals surface area (Å²) in [6.07, 6.45) is 6.38. The van der Waals surface area contributed by atoms with Crippen molar-refractivity contribution >= 4 is 22.6 Å². The van der Waals surface area contributed by atoms with Gasteiger partial charge in [0.25, 0.3) is 0 Å². The molecule has 1 aliphatic rings. The Balaban J connectivity index is 1.88. The van der Waals surface area contributed by atoms with Gasteiger partial charge in [-0.15, -0.1) is 0 Å². The van der Waals surface area contributed by atoms with Gasteiger partial charge in [-0.2, -0.15) is 0 Å². The molecule has 1 unspecified atom stereocenters. The van der Waals surface area contributed by atoms with E-state index < -0.39 is 0 Å². The van der Waals surface area contributed by atoms with Gasteiger partial charge in [-0.1, -0.05) is 30.9 Å². The first-order valence-corrected chi connectivity index (χ1v) is 7.06. The molecule has 0 saturated heterocycles. The lowest BCUT2D eigenvalue weighted by atomic mass is 9.83. The standard InChI is InChI=1S/C15H18ClNO/c16-12-6-7-13-11(8-12)9-14(18-13)15(17)10-4-2-1-3-5-10/h6-10,15H,1-5,17H2. The molecule has 2 N–H and O–H groups in total. The number of furan rings is 1. The molecule has 1 aromatic carbocycles. The second kappa shape index (κ2) is 4.94. The van der Waals surface area contributed by atoms with Crippen molar-refractivity contribution in [2.24, 2.45) is 11.7 Å². The predicted octanol–water partition coefficient (Wildman–Crippen LogP) is 4.67. The maximum atomic E-state index is 6.34. The maximum Gasteiger partial charge on any atom is 0.134 e. The van der Waals surface area contributed by atoms with Crippen molar-refractivity contribution in [2.75, 3.05) is 0 Å². The highest BCUT2D eigenvalue weighted by molar-refractivity contribution is 6.31. The van der Waals surface area contributed by atoms with Gasteiger partial charge in [0, 0.05) is 10.4 Å². The van der Waals surface area contributed by atoms with E-state index >= 15 is 0 Å². The van der Waals surface area contributed by atoms with Gasteiger partial charge in [0.05, 0.1) is 6.04 Å². The van der Waals surface area contributed by atoms with Gasteiger partial charge in [0.1, 0.15) is 11.3 Å². The highest BCUT2D eigenvalue weighted by Crippen LogP contribution is 2.35. The summed E-state index contributed by atoms with van der Waals surface area (Å²) in [6.45, 7) is 0. The van der Waals surface area contributed by atoms with Crippen molar-refractivity contribution < 1.29 is 4.42 Å². The third-order valence-corrected chi connectivity index (χ3v) is 4.22. The molecular formula is C15H18ClNO. The molecular weight excluding hydrogens is 246 g/mol. The van der Waals surface area contributed by atoms with E-state index in [4.69, 9.17) is 21.8 Å². The van der Waals surface area contributed by atoms with Gasteiger partial charge in [-0.25, -0.2) is 0 Å². The zero-order valence-electron chi connectivity index (χ0n) is 10.4. The number of nitrogens with two attached hydrogens (primary N) is 1. The molecule has 0 spiro atoms. The van der Waals surface area contributed by atoms with Gasteiger partial charge in [-0.05, 0) is 43.0 Å². The molecule has 18 heavy (non-hydrogen) atoms. The zero-order valence-corrected chi connectivity index (χ0v) is 11.1. The molecule has 1 fully saturated rings. The molecule has 0 aliphatic heterocycles. The number of halogens is 1. The Morgan fingerprint density at radius 3 is 2.72 bits per heavy atom. The minimum atomic E-state index is 0.0245. The van der Waals surface area contributed by atoms with Crippen molar-refractivity contribution in [2.45, 2.75) is 38.1 Å². The molecule has 1 aliphatic carbocycles. The third-order valence-electron chi connectivity index (χ3n) is 3.98. The van der Waals surface area contributed by atoms with Gasteiger partial charge in [0.15, 0.2) is 0 Å². The number of rotatable bonds is 2. The average Bonchev–Trinajstić information content (AvgIpc) is 2.81. The summed E-state index contributed by atoms with van der Waals surface area (Å²) in [6, 6.07) is 7.76. The van der Waals surface area contributed by atoms with Crippen LogP contribution in [0.3, 0.4) is 0 Å². The topological polar surface area (TPSA) is 39.2 Å². The lowest BCUT2D eigenvalue weighted by Crippen LogP contribution is -2.22. The summed E-state index contributed by atoms with van der Waals surface area (Å²) in [7, 11) is 0. The first-order chi connectivity index (χ1) is 8.74. The fourth-order valence-corrected chi connectivity index (χ4v) is 3.11. The van der Waals surface area contributed by atoms with E-state index in [1.807, 2.05) is 24.3 Å². The molecule has 1 atom stereocenters. The van der Waals surface area contributed by atoms with Crippen LogP contribution in [-0.4, -0.2) is 0 Å². The van der Waals surface area contributed by atoms with E-state index in [1.54, 1.807) is 0 Å². The fraction of sp³-hybridized carbons (Fsp3) is 0.467. The molecule has 2 nitrogen and oxygen atoms in total. The first kappa shape index (κ1) is 12.1. The van der Waals surface area contributed by atoms with Crippen LogP contribution in [0.1, 0.15) is 43.9 Å². The second-order valence-corrected chi connectivity index (χ2v) is 5.69. The number of hydrogen-bond donors (Lipinski definition) is 1. The molecule has 1 saturated carbocycles. The molecule has 1 aromatic heterocycles. The van der Waals surface area contributed by atoms with Crippen LogP contribution in [0, 0.1) is 5.92 Å². The van der Waals surface area contributed by atoms with E-state index in [-0.39, 0.29) is 6.04 Å². The maximum absolute atomic E-state index is 6.34. The molecule has 0 radical (unpaired) electrons. The summed E-state index contributed by atoms with van der Waals surface area (Å²) < 4.78 is 5.85. The number of fused-ring (bicyclic) bond motifs is 1. The van der Waals surface area contributed by atoms with Crippen molar-refractivity contribution in [1.29, 1.82) is 0 Å². The van der Waals surface area contributed by atoms with Gasteiger partial charge in [-0.3, -0.25) is 0 Å². The molecule has 1 heterocycles.